The first-order valence-electron chi connectivity index (χ1n) is 11.5. The Kier molecular flexibility index (Phi) is 17.5. The Labute approximate surface area is 224 Å². The Bertz CT molecular complexity index is 708. The third kappa shape index (κ3) is 12.7. The van der Waals surface area contributed by atoms with Crippen LogP contribution in [0.4, 0.5) is 0 Å². The maximum atomic E-state index is 5.47. The third-order valence-corrected chi connectivity index (χ3v) is 18.1. The van der Waals surface area contributed by atoms with Gasteiger partial charge < -0.3 is 13.3 Å². The molecule has 1 heterocycles. The summed E-state index contributed by atoms with van der Waals surface area (Å²) in [6.45, 7) is 0. The first kappa shape index (κ1) is 30.2. The van der Waals surface area contributed by atoms with Gasteiger partial charge in [-0.3, -0.25) is 0 Å². The van der Waals surface area contributed by atoms with E-state index in [0.29, 0.717) is 0 Å². The highest BCUT2D eigenvalue weighted by atomic mass is 33.8. The van der Waals surface area contributed by atoms with Crippen molar-refractivity contribution in [2.75, 3.05) is 27.1 Å². The van der Waals surface area contributed by atoms with Crippen LogP contribution in [-0.2, 0) is 13.3 Å². The van der Waals surface area contributed by atoms with Crippen LogP contribution in [-0.4, -0.2) is 40.9 Å². The van der Waals surface area contributed by atoms with E-state index in [2.05, 4.69) is 23.2 Å². The summed E-state index contributed by atoms with van der Waals surface area (Å²) in [5.41, 5.74) is 1.11. The van der Waals surface area contributed by atoms with Gasteiger partial charge in [0.1, 0.15) is 0 Å². The fourth-order valence-corrected chi connectivity index (χ4v) is 15.4. The van der Waals surface area contributed by atoms with Crippen molar-refractivity contribution < 1.29 is 13.3 Å². The summed E-state index contributed by atoms with van der Waals surface area (Å²) in [5.74, 6) is 1.25. The zero-order valence-electron chi connectivity index (χ0n) is 19.9. The molecule has 0 aliphatic carbocycles. The molecule has 0 fully saturated rings. The van der Waals surface area contributed by atoms with Crippen LogP contribution in [0.5, 0.6) is 0 Å². The molecule has 2 rings (SSSR count). The minimum atomic E-state index is -2.35. The van der Waals surface area contributed by atoms with Gasteiger partial charge in [0.15, 0.2) is 4.34 Å². The molecule has 0 spiro atoms. The van der Waals surface area contributed by atoms with Gasteiger partial charge in [-0.2, -0.15) is 0 Å². The normalized spacial score (nSPS) is 12.1. The Morgan fingerprint density at radius 1 is 0.758 bits per heavy atom. The summed E-state index contributed by atoms with van der Waals surface area (Å²) < 4.78 is 18.8. The fourth-order valence-electron chi connectivity index (χ4n) is 3.47. The molecule has 33 heavy (non-hydrogen) atoms. The first-order chi connectivity index (χ1) is 16.2. The summed E-state index contributed by atoms with van der Waals surface area (Å²) in [6.07, 6.45) is 13.2. The number of nitrogens with zero attached hydrogens (tertiary/aromatic N) is 1. The number of para-hydroxylation sites is 1. The SMILES string of the molecule is CO[Si](CCCCCCCCCCCCSSSSSc1nc2ccccc2s1)(OC)OC. The minimum Gasteiger partial charge on any atom is -0.377 e. The number of aromatic nitrogens is 1. The van der Waals surface area contributed by atoms with Crippen LogP contribution in [0.3, 0.4) is 0 Å². The number of benzene rings is 1. The topological polar surface area (TPSA) is 40.6 Å². The number of hydrogen-bond acceptors (Lipinski definition) is 10. The van der Waals surface area contributed by atoms with Crippen molar-refractivity contribution in [2.24, 2.45) is 0 Å². The monoisotopic (exact) mass is 583 g/mol. The summed E-state index contributed by atoms with van der Waals surface area (Å²) in [6, 6.07) is 9.27. The molecule has 0 saturated heterocycles. The van der Waals surface area contributed by atoms with Crippen LogP contribution in [0.2, 0.25) is 6.04 Å². The molecule has 1 aromatic carbocycles. The standard InChI is InChI=1S/C22H37NO3S6Si/c1-24-33(25-2,26-3)19-15-11-9-7-5-4-6-8-10-14-18-27-30-32-31-29-22-23-20-16-12-13-17-21(20)28-22/h12-13,16-17H,4-11,14-15,18-19H2,1-3H3. The molecule has 0 saturated carbocycles. The maximum Gasteiger partial charge on any atom is 0.500 e. The lowest BCUT2D eigenvalue weighted by Gasteiger charge is -2.24. The second-order valence-electron chi connectivity index (χ2n) is 7.64. The zero-order chi connectivity index (χ0) is 23.6. The molecule has 11 heteroatoms. The Balaban J connectivity index is 1.30. The van der Waals surface area contributed by atoms with Crippen molar-refractivity contribution >= 4 is 81.4 Å². The van der Waals surface area contributed by atoms with Gasteiger partial charge in [-0.15, -0.1) is 11.3 Å². The zero-order valence-corrected chi connectivity index (χ0v) is 25.8. The lowest BCUT2D eigenvalue weighted by Crippen LogP contribution is -2.42. The second kappa shape index (κ2) is 19.1. The molecule has 0 atom stereocenters. The Hall–Kier alpha value is 0.957. The molecule has 0 bridgehead atoms. The molecule has 0 aliphatic heterocycles. The number of thiazole rings is 1. The quantitative estimate of drug-likeness (QED) is 0.0811. The highest BCUT2D eigenvalue weighted by molar-refractivity contribution is 9.35. The van der Waals surface area contributed by atoms with Gasteiger partial charge in [0, 0.05) is 33.1 Å². The average Bonchev–Trinajstić information content (AvgIpc) is 3.27. The highest BCUT2D eigenvalue weighted by Crippen LogP contribution is 2.51. The highest BCUT2D eigenvalue weighted by Gasteiger charge is 2.36. The van der Waals surface area contributed by atoms with E-state index in [1.165, 1.54) is 68.2 Å². The molecule has 0 amide bonds. The van der Waals surface area contributed by atoms with E-state index in [1.54, 1.807) is 43.5 Å². The lowest BCUT2D eigenvalue weighted by molar-refractivity contribution is 0.122. The van der Waals surface area contributed by atoms with Crippen LogP contribution in [0, 0.1) is 0 Å². The number of unbranched alkanes of at least 4 members (excludes halogenated alkanes) is 9. The van der Waals surface area contributed by atoms with E-state index in [-0.39, 0.29) is 0 Å². The van der Waals surface area contributed by atoms with E-state index in [1.807, 2.05) is 46.3 Å². The molecule has 0 unspecified atom stereocenters. The summed E-state index contributed by atoms with van der Waals surface area (Å²) in [4.78, 5) is 4.66. The summed E-state index contributed by atoms with van der Waals surface area (Å²) in [7, 11) is 12.1. The van der Waals surface area contributed by atoms with Crippen molar-refractivity contribution in [1.82, 2.24) is 4.98 Å². The van der Waals surface area contributed by atoms with E-state index in [9.17, 15) is 0 Å². The molecule has 0 N–H and O–H groups in total. The molecular formula is C22H37NO3S6Si. The van der Waals surface area contributed by atoms with Crippen molar-refractivity contribution in [3.63, 3.8) is 0 Å². The third-order valence-electron chi connectivity index (χ3n) is 5.38. The number of rotatable bonds is 21. The van der Waals surface area contributed by atoms with Gasteiger partial charge in [-0.05, 0) is 65.2 Å². The van der Waals surface area contributed by atoms with Gasteiger partial charge in [-0.25, -0.2) is 4.98 Å². The van der Waals surface area contributed by atoms with Crippen molar-refractivity contribution in [3.05, 3.63) is 24.3 Å². The molecule has 2 aromatic rings. The molecule has 4 nitrogen and oxygen atoms in total. The average molecular weight is 584 g/mol. The summed E-state index contributed by atoms with van der Waals surface area (Å²) >= 11 is 1.78. The Morgan fingerprint density at radius 3 is 2.00 bits per heavy atom. The fraction of sp³-hybridized carbons (Fsp3) is 0.682. The van der Waals surface area contributed by atoms with Gasteiger partial charge in [-0.1, -0.05) is 74.3 Å². The van der Waals surface area contributed by atoms with Crippen LogP contribution < -0.4 is 0 Å². The first-order valence-corrected chi connectivity index (χ1v) is 20.6. The smallest absolute Gasteiger partial charge is 0.377 e. The maximum absolute atomic E-state index is 5.47. The Morgan fingerprint density at radius 2 is 1.36 bits per heavy atom. The lowest BCUT2D eigenvalue weighted by atomic mass is 10.1. The van der Waals surface area contributed by atoms with Gasteiger partial charge in [0.25, 0.3) is 0 Å². The van der Waals surface area contributed by atoms with Crippen LogP contribution >= 0.6 is 62.4 Å². The van der Waals surface area contributed by atoms with Crippen molar-refractivity contribution in [1.29, 1.82) is 0 Å². The number of fused-ring (bicyclic) bond motifs is 1. The summed E-state index contributed by atoms with van der Waals surface area (Å²) in [5, 5.41) is 0. The van der Waals surface area contributed by atoms with E-state index < -0.39 is 8.80 Å². The van der Waals surface area contributed by atoms with Crippen molar-refractivity contribution in [3.8, 4) is 0 Å². The van der Waals surface area contributed by atoms with Crippen LogP contribution in [0.25, 0.3) is 10.2 Å². The second-order valence-corrected chi connectivity index (χ2v) is 19.7. The molecule has 188 valence electrons. The molecule has 0 aliphatic rings. The molecular weight excluding hydrogens is 547 g/mol. The van der Waals surface area contributed by atoms with Crippen LogP contribution in [0.1, 0.15) is 64.2 Å². The van der Waals surface area contributed by atoms with E-state index >= 15 is 0 Å². The van der Waals surface area contributed by atoms with Gasteiger partial charge in [0.2, 0.25) is 0 Å². The predicted molar refractivity (Wildman–Crippen MR) is 158 cm³/mol. The van der Waals surface area contributed by atoms with Gasteiger partial charge in [0.05, 0.1) is 10.2 Å². The van der Waals surface area contributed by atoms with Crippen molar-refractivity contribution in [2.45, 2.75) is 74.6 Å². The van der Waals surface area contributed by atoms with Crippen LogP contribution in [0.15, 0.2) is 28.6 Å². The van der Waals surface area contributed by atoms with E-state index in [4.69, 9.17) is 13.3 Å². The largest absolute Gasteiger partial charge is 0.500 e. The predicted octanol–water partition coefficient (Wildman–Crippen LogP) is 9.76. The molecule has 0 radical (unpaired) electrons. The minimum absolute atomic E-state index is 0.923. The molecule has 1 aromatic heterocycles. The van der Waals surface area contributed by atoms with E-state index in [0.717, 1.165) is 22.3 Å². The number of hydrogen-bond donors (Lipinski definition) is 0. The van der Waals surface area contributed by atoms with Gasteiger partial charge >= 0.3 is 8.80 Å².